The molecule has 0 bridgehead atoms. The van der Waals surface area contributed by atoms with Crippen molar-refractivity contribution in [2.75, 3.05) is 0 Å². The third-order valence-corrected chi connectivity index (χ3v) is 6.55. The molecule has 180 valence electrons. The number of aromatic nitrogens is 4. The Labute approximate surface area is 214 Å². The second-order valence-corrected chi connectivity index (χ2v) is 9.10. The number of rotatable bonds is 6. The van der Waals surface area contributed by atoms with Crippen LogP contribution in [0.1, 0.15) is 17.0 Å². The van der Waals surface area contributed by atoms with Crippen LogP contribution in [-0.2, 0) is 17.8 Å². The molecular weight excluding hydrogens is 458 g/mol. The number of hydrogen-bond acceptors (Lipinski definition) is 3. The van der Waals surface area contributed by atoms with Crippen LogP contribution in [0, 0.1) is 6.92 Å². The molecule has 0 aliphatic heterocycles. The molecule has 3 aromatic carbocycles. The van der Waals surface area contributed by atoms with Crippen molar-refractivity contribution in [1.82, 2.24) is 20.1 Å². The van der Waals surface area contributed by atoms with Crippen molar-refractivity contribution in [3.63, 3.8) is 0 Å². The van der Waals surface area contributed by atoms with Gasteiger partial charge in [-0.05, 0) is 41.0 Å². The van der Waals surface area contributed by atoms with Crippen molar-refractivity contribution < 1.29 is 9.20 Å². The number of aryl methyl sites for hydroxylation is 1. The van der Waals surface area contributed by atoms with Gasteiger partial charge in [-0.25, -0.2) is 4.40 Å². The third-order valence-electron chi connectivity index (χ3n) is 6.55. The number of benzene rings is 3. The Balaban J connectivity index is 1.30. The van der Waals surface area contributed by atoms with Crippen LogP contribution in [0.15, 0.2) is 109 Å². The van der Waals surface area contributed by atoms with Gasteiger partial charge < -0.3 is 5.32 Å². The van der Waals surface area contributed by atoms with E-state index < -0.39 is 0 Å². The molecule has 0 saturated heterocycles. The molecule has 0 saturated carbocycles. The molecule has 37 heavy (non-hydrogen) atoms. The van der Waals surface area contributed by atoms with Crippen LogP contribution in [-0.4, -0.2) is 20.7 Å². The molecule has 3 heterocycles. The van der Waals surface area contributed by atoms with Crippen LogP contribution in [0.3, 0.4) is 0 Å². The summed E-state index contributed by atoms with van der Waals surface area (Å²) in [5.74, 6) is 0.896. The van der Waals surface area contributed by atoms with Gasteiger partial charge in [-0.15, -0.1) is 0 Å². The van der Waals surface area contributed by atoms with Crippen molar-refractivity contribution in [1.29, 1.82) is 0 Å². The molecule has 6 aromatic rings. The summed E-state index contributed by atoms with van der Waals surface area (Å²) in [7, 11) is 0. The highest BCUT2D eigenvalue weighted by Gasteiger charge is 2.22. The lowest BCUT2D eigenvalue weighted by molar-refractivity contribution is -0.519. The fourth-order valence-electron chi connectivity index (χ4n) is 4.62. The first kappa shape index (κ1) is 22.6. The minimum Gasteiger partial charge on any atom is -0.352 e. The van der Waals surface area contributed by atoms with Gasteiger partial charge in [0, 0.05) is 30.3 Å². The largest absolute Gasteiger partial charge is 0.352 e. The van der Waals surface area contributed by atoms with Crippen LogP contribution in [0.25, 0.3) is 33.4 Å². The second kappa shape index (κ2) is 9.66. The zero-order chi connectivity index (χ0) is 25.2. The molecule has 0 unspecified atom stereocenters. The molecule has 1 N–H and O–H groups in total. The summed E-state index contributed by atoms with van der Waals surface area (Å²) >= 11 is 0. The average molecular weight is 485 g/mol. The second-order valence-electron chi connectivity index (χ2n) is 9.10. The number of hydrogen-bond donors (Lipinski definition) is 1. The van der Waals surface area contributed by atoms with E-state index in [4.69, 9.17) is 10.1 Å². The fourth-order valence-corrected chi connectivity index (χ4v) is 4.62. The van der Waals surface area contributed by atoms with Crippen LogP contribution in [0.5, 0.6) is 0 Å². The number of nitrogens with one attached hydrogen (secondary N) is 1. The lowest BCUT2D eigenvalue weighted by atomic mass is 10.1. The molecule has 6 heteroatoms. The Kier molecular flexibility index (Phi) is 5.91. The van der Waals surface area contributed by atoms with Crippen LogP contribution in [0.2, 0.25) is 0 Å². The number of pyridine rings is 2. The van der Waals surface area contributed by atoms with Gasteiger partial charge in [0.2, 0.25) is 5.91 Å². The number of fused-ring (bicyclic) bond motifs is 3. The van der Waals surface area contributed by atoms with Crippen molar-refractivity contribution >= 4 is 22.5 Å². The van der Waals surface area contributed by atoms with Crippen LogP contribution < -0.4 is 9.72 Å². The van der Waals surface area contributed by atoms with E-state index in [1.165, 1.54) is 0 Å². The molecule has 1 amide bonds. The van der Waals surface area contributed by atoms with E-state index in [0.29, 0.717) is 13.0 Å². The molecular formula is C31H26N5O+. The number of carbonyl (C=O) groups excluding carboxylic acids is 1. The van der Waals surface area contributed by atoms with Gasteiger partial charge in [0.15, 0.2) is 0 Å². The third kappa shape index (κ3) is 4.57. The summed E-state index contributed by atoms with van der Waals surface area (Å²) in [5.41, 5.74) is 7.05. The van der Waals surface area contributed by atoms with E-state index in [-0.39, 0.29) is 5.91 Å². The van der Waals surface area contributed by atoms with Crippen LogP contribution >= 0.6 is 0 Å². The predicted molar refractivity (Wildman–Crippen MR) is 144 cm³/mol. The maximum absolute atomic E-state index is 12.3. The van der Waals surface area contributed by atoms with E-state index in [0.717, 1.165) is 50.3 Å². The molecule has 0 fully saturated rings. The average Bonchev–Trinajstić information content (AvgIpc) is 3.29. The van der Waals surface area contributed by atoms with Gasteiger partial charge in [-0.3, -0.25) is 9.78 Å². The number of nitrogens with zero attached hydrogens (tertiary/aromatic N) is 4. The molecule has 3 aromatic heterocycles. The molecule has 0 aliphatic rings. The van der Waals surface area contributed by atoms with E-state index in [9.17, 15) is 4.79 Å². The lowest BCUT2D eigenvalue weighted by Gasteiger charge is -2.06. The summed E-state index contributed by atoms with van der Waals surface area (Å²) in [6, 6.07) is 32.4. The Morgan fingerprint density at radius 1 is 0.865 bits per heavy atom. The topological polar surface area (TPSA) is 63.9 Å². The monoisotopic (exact) mass is 484 g/mol. The number of carbonyl (C=O) groups is 1. The predicted octanol–water partition coefficient (Wildman–Crippen LogP) is 4.99. The first-order valence-corrected chi connectivity index (χ1v) is 12.3. The molecule has 6 nitrogen and oxygen atoms in total. The summed E-state index contributed by atoms with van der Waals surface area (Å²) < 4.78 is 4.06. The van der Waals surface area contributed by atoms with E-state index in [1.807, 2.05) is 103 Å². The lowest BCUT2D eigenvalue weighted by Crippen LogP contribution is -2.24. The summed E-state index contributed by atoms with van der Waals surface area (Å²) in [5, 5.41) is 8.89. The Morgan fingerprint density at radius 3 is 2.35 bits per heavy atom. The minimum atomic E-state index is 0.00793. The molecule has 0 atom stereocenters. The van der Waals surface area contributed by atoms with Gasteiger partial charge in [-0.1, -0.05) is 77.5 Å². The number of amides is 1. The molecule has 0 aliphatic carbocycles. The highest BCUT2D eigenvalue weighted by atomic mass is 16.1. The van der Waals surface area contributed by atoms with Gasteiger partial charge in [-0.2, -0.15) is 0 Å². The van der Waals surface area contributed by atoms with E-state index in [1.54, 1.807) is 0 Å². The minimum absolute atomic E-state index is 0.00793. The van der Waals surface area contributed by atoms with Crippen molar-refractivity contribution in [2.24, 2.45) is 0 Å². The first-order valence-electron chi connectivity index (χ1n) is 12.3. The van der Waals surface area contributed by atoms with Crippen molar-refractivity contribution in [2.45, 2.75) is 19.9 Å². The Bertz CT molecular complexity index is 1710. The fraction of sp³-hybridized carbons (Fsp3) is 0.0968. The van der Waals surface area contributed by atoms with Crippen molar-refractivity contribution in [3.05, 3.63) is 126 Å². The van der Waals surface area contributed by atoms with Gasteiger partial charge in [0.25, 0.3) is 11.5 Å². The zero-order valence-corrected chi connectivity index (χ0v) is 20.5. The summed E-state index contributed by atoms with van der Waals surface area (Å²) in [6.45, 7) is 2.48. The Hall–Kier alpha value is -4.84. The first-order chi connectivity index (χ1) is 18.2. The molecule has 0 radical (unpaired) electrons. The van der Waals surface area contributed by atoms with Crippen LogP contribution in [0.4, 0.5) is 0 Å². The normalized spacial score (nSPS) is 11.2. The highest BCUT2D eigenvalue weighted by molar-refractivity contribution is 5.92. The van der Waals surface area contributed by atoms with E-state index >= 15 is 0 Å². The van der Waals surface area contributed by atoms with Gasteiger partial charge in [0.05, 0.1) is 23.5 Å². The Morgan fingerprint density at radius 2 is 1.59 bits per heavy atom. The summed E-state index contributed by atoms with van der Waals surface area (Å²) in [4.78, 5) is 17.1. The maximum atomic E-state index is 12.3. The highest BCUT2D eigenvalue weighted by Crippen LogP contribution is 2.25. The zero-order valence-electron chi connectivity index (χ0n) is 20.5. The SMILES string of the molecule is Cc1nn(-c2ccc(CNC(=O)Cc3ccccc3)cc2)c2c3cc(-c4ccccc4)cnc3cc[n+]12. The molecule has 0 spiro atoms. The van der Waals surface area contributed by atoms with E-state index in [2.05, 4.69) is 27.9 Å². The smallest absolute Gasteiger partial charge is 0.280 e. The maximum Gasteiger partial charge on any atom is 0.280 e. The standard InChI is InChI=1S/C31H25N5O/c1-22-34-36(27-14-12-24(13-15-27)20-33-30(37)18-23-8-4-2-5-9-23)31-28-19-26(25-10-6-3-7-11-25)21-32-29(28)16-17-35(22)31/h2-17,19,21H,18,20H2,1H3/p+1. The van der Waals surface area contributed by atoms with Gasteiger partial charge in [0.1, 0.15) is 5.69 Å². The van der Waals surface area contributed by atoms with Crippen molar-refractivity contribution in [3.8, 4) is 16.8 Å². The quantitative estimate of drug-likeness (QED) is 0.339. The summed E-state index contributed by atoms with van der Waals surface area (Å²) in [6.07, 6.45) is 4.31. The van der Waals surface area contributed by atoms with Gasteiger partial charge >= 0.3 is 0 Å². The molecule has 6 rings (SSSR count).